The van der Waals surface area contributed by atoms with Crippen LogP contribution in [0.5, 0.6) is 5.75 Å². The van der Waals surface area contributed by atoms with Crippen LogP contribution in [0.4, 0.5) is 0 Å². The zero-order valence-corrected chi connectivity index (χ0v) is 9.79. The number of nitriles is 1. The molecule has 0 saturated carbocycles. The number of fused-ring (bicyclic) bond motifs is 3. The smallest absolute Gasteiger partial charge is 0.272 e. The Kier molecular flexibility index (Phi) is 2.33. The molecule has 0 unspecified atom stereocenters. The molecule has 0 bridgehead atoms. The van der Waals surface area contributed by atoms with Crippen LogP contribution in [-0.4, -0.2) is 18.8 Å². The summed E-state index contributed by atoms with van der Waals surface area (Å²) in [6, 6.07) is 6.09. The summed E-state index contributed by atoms with van der Waals surface area (Å²) >= 11 is 0. The molecule has 2 aromatic rings. The van der Waals surface area contributed by atoms with Gasteiger partial charge in [-0.15, -0.1) is 0 Å². The van der Waals surface area contributed by atoms with Crippen molar-refractivity contribution in [2.24, 2.45) is 0 Å². The zero-order chi connectivity index (χ0) is 11.8. The molecule has 0 spiro atoms. The number of aromatic nitrogens is 1. The van der Waals surface area contributed by atoms with Crippen LogP contribution in [0, 0.1) is 11.2 Å². The van der Waals surface area contributed by atoms with Crippen molar-refractivity contribution in [3.63, 3.8) is 0 Å². The number of aromatic amines is 1. The van der Waals surface area contributed by atoms with Gasteiger partial charge in [0.05, 0.1) is 7.11 Å². The van der Waals surface area contributed by atoms with Crippen molar-refractivity contribution >= 4 is 17.6 Å². The minimum absolute atomic E-state index is 0.170. The first-order valence-corrected chi connectivity index (χ1v) is 5.89. The summed E-state index contributed by atoms with van der Waals surface area (Å²) in [5.41, 5.74) is 3.73. The Bertz CT molecular complexity index is 612. The van der Waals surface area contributed by atoms with Crippen LogP contribution in [0.2, 0.25) is 6.32 Å². The monoisotopic (exact) mass is 224 g/mol. The minimum atomic E-state index is 0.170. The summed E-state index contributed by atoms with van der Waals surface area (Å²) < 4.78 is 5.22. The Labute approximate surface area is 100 Å². The lowest BCUT2D eigenvalue weighted by atomic mass is 9.42. The number of benzene rings is 1. The van der Waals surface area contributed by atoms with Crippen LogP contribution < -0.4 is 4.74 Å². The topological polar surface area (TPSA) is 48.8 Å². The Morgan fingerprint density at radius 3 is 3.12 bits per heavy atom. The average molecular weight is 224 g/mol. The Morgan fingerprint density at radius 1 is 1.47 bits per heavy atom. The molecule has 1 aliphatic heterocycles. The summed E-state index contributed by atoms with van der Waals surface area (Å²) in [4.78, 5) is 3.45. The maximum Gasteiger partial charge on any atom is 0.272 e. The van der Waals surface area contributed by atoms with Crippen LogP contribution in [0.1, 0.15) is 11.3 Å². The van der Waals surface area contributed by atoms with E-state index >= 15 is 0 Å². The molecular weight excluding hydrogens is 211 g/mol. The van der Waals surface area contributed by atoms with Crippen LogP contribution >= 0.6 is 0 Å². The van der Waals surface area contributed by atoms with Gasteiger partial charge in [-0.25, -0.2) is 5.26 Å². The minimum Gasteiger partial charge on any atom is -0.497 e. The molecule has 0 radical (unpaired) electrons. The highest BCUT2D eigenvalue weighted by Crippen LogP contribution is 2.30. The molecular formula is C13H13BN2O. The molecule has 1 aromatic carbocycles. The van der Waals surface area contributed by atoms with E-state index in [1.165, 1.54) is 16.6 Å². The van der Waals surface area contributed by atoms with E-state index in [1.54, 1.807) is 7.11 Å². The summed E-state index contributed by atoms with van der Waals surface area (Å²) in [6.45, 7) is 0.170. The van der Waals surface area contributed by atoms with Crippen molar-refractivity contribution in [1.29, 1.82) is 5.26 Å². The first-order chi connectivity index (χ1) is 8.31. The van der Waals surface area contributed by atoms with Gasteiger partial charge in [-0.3, -0.25) is 0 Å². The van der Waals surface area contributed by atoms with Gasteiger partial charge in [-0.05, 0) is 30.4 Å². The Hall–Kier alpha value is -1.89. The molecule has 1 aliphatic rings. The normalized spacial score (nSPS) is 14.5. The fourth-order valence-electron chi connectivity index (χ4n) is 2.64. The standard InChI is InChI=1S/C13H13BN2O/c1-17-9-2-3-10-11-7-14(8-15)5-4-12(11)16-13(10)6-9/h2-3,6,16H,4-5,7H2,1H3. The molecule has 17 heavy (non-hydrogen) atoms. The molecule has 2 heterocycles. The number of H-pyrrole nitrogens is 1. The highest BCUT2D eigenvalue weighted by atomic mass is 16.5. The van der Waals surface area contributed by atoms with E-state index in [1.807, 2.05) is 12.1 Å². The third-order valence-electron chi connectivity index (χ3n) is 3.58. The predicted molar refractivity (Wildman–Crippen MR) is 68.4 cm³/mol. The molecule has 4 heteroatoms. The molecule has 0 aliphatic carbocycles. The van der Waals surface area contributed by atoms with E-state index in [-0.39, 0.29) is 6.71 Å². The number of nitrogens with zero attached hydrogens (tertiary/aromatic N) is 1. The van der Waals surface area contributed by atoms with Crippen molar-refractivity contribution in [2.45, 2.75) is 19.1 Å². The lowest BCUT2D eigenvalue weighted by Crippen LogP contribution is -2.21. The van der Waals surface area contributed by atoms with Crippen molar-refractivity contribution in [3.05, 3.63) is 29.5 Å². The quantitative estimate of drug-likeness (QED) is 0.756. The number of aryl methyl sites for hydroxylation is 1. The fraction of sp³-hybridized carbons (Fsp3) is 0.308. The predicted octanol–water partition coefficient (Wildman–Crippen LogP) is 2.37. The number of methoxy groups -OCH3 is 1. The molecule has 1 N–H and O–H groups in total. The SMILES string of the molecule is COc1ccc2c3c([nH]c2c1)CCB(C#N)C3. The van der Waals surface area contributed by atoms with Crippen LogP contribution in [0.3, 0.4) is 0 Å². The van der Waals surface area contributed by atoms with Gasteiger partial charge in [0.25, 0.3) is 6.71 Å². The van der Waals surface area contributed by atoms with Crippen LogP contribution in [0.25, 0.3) is 10.9 Å². The number of nitrogens with one attached hydrogen (secondary N) is 1. The first-order valence-electron chi connectivity index (χ1n) is 5.89. The lowest BCUT2D eigenvalue weighted by Gasteiger charge is -2.13. The zero-order valence-electron chi connectivity index (χ0n) is 9.79. The number of rotatable bonds is 1. The molecule has 1 aromatic heterocycles. The van der Waals surface area contributed by atoms with Gasteiger partial charge < -0.3 is 9.72 Å². The van der Waals surface area contributed by atoms with Gasteiger partial charge in [0.2, 0.25) is 0 Å². The van der Waals surface area contributed by atoms with E-state index in [0.717, 1.165) is 30.3 Å². The molecule has 0 atom stereocenters. The van der Waals surface area contributed by atoms with Gasteiger partial charge in [0, 0.05) is 28.6 Å². The summed E-state index contributed by atoms with van der Waals surface area (Å²) in [5, 5.41) is 10.3. The Morgan fingerprint density at radius 2 is 2.35 bits per heavy atom. The second kappa shape index (κ2) is 3.85. The van der Waals surface area contributed by atoms with Crippen LogP contribution in [0.15, 0.2) is 18.2 Å². The second-order valence-electron chi connectivity index (χ2n) is 4.56. The first kappa shape index (κ1) is 10.3. The average Bonchev–Trinajstić information content (AvgIpc) is 2.74. The van der Waals surface area contributed by atoms with Gasteiger partial charge in [0.1, 0.15) is 5.75 Å². The number of hydrogen-bond donors (Lipinski definition) is 1. The van der Waals surface area contributed by atoms with Gasteiger partial charge in [-0.1, -0.05) is 6.32 Å². The fourth-order valence-corrected chi connectivity index (χ4v) is 2.64. The maximum atomic E-state index is 9.03. The second-order valence-corrected chi connectivity index (χ2v) is 4.56. The third-order valence-corrected chi connectivity index (χ3v) is 3.58. The van der Waals surface area contributed by atoms with Gasteiger partial charge in [0.15, 0.2) is 0 Å². The highest BCUT2D eigenvalue weighted by molar-refractivity contribution is 6.66. The molecule has 0 amide bonds. The van der Waals surface area contributed by atoms with Crippen molar-refractivity contribution in [3.8, 4) is 11.7 Å². The summed E-state index contributed by atoms with van der Waals surface area (Å²) in [6.07, 6.45) is 2.82. The largest absolute Gasteiger partial charge is 0.497 e. The number of ether oxygens (including phenoxy) is 1. The van der Waals surface area contributed by atoms with E-state index in [4.69, 9.17) is 10.00 Å². The molecule has 0 saturated heterocycles. The molecule has 0 fully saturated rings. The van der Waals surface area contributed by atoms with Crippen molar-refractivity contribution < 1.29 is 4.74 Å². The molecule has 3 nitrogen and oxygen atoms in total. The summed E-state index contributed by atoms with van der Waals surface area (Å²) in [7, 11) is 1.68. The third kappa shape index (κ3) is 1.59. The van der Waals surface area contributed by atoms with E-state index in [0.29, 0.717) is 0 Å². The lowest BCUT2D eigenvalue weighted by molar-refractivity contribution is 0.415. The van der Waals surface area contributed by atoms with E-state index < -0.39 is 0 Å². The van der Waals surface area contributed by atoms with E-state index in [2.05, 4.69) is 17.0 Å². The van der Waals surface area contributed by atoms with Gasteiger partial charge in [-0.2, -0.15) is 0 Å². The Balaban J connectivity index is 2.13. The van der Waals surface area contributed by atoms with Crippen molar-refractivity contribution in [1.82, 2.24) is 4.98 Å². The van der Waals surface area contributed by atoms with Gasteiger partial charge >= 0.3 is 0 Å². The van der Waals surface area contributed by atoms with Crippen LogP contribution in [-0.2, 0) is 12.7 Å². The maximum absolute atomic E-state index is 9.03. The summed E-state index contributed by atoms with van der Waals surface area (Å²) in [5.74, 6) is 3.25. The highest BCUT2D eigenvalue weighted by Gasteiger charge is 2.25. The van der Waals surface area contributed by atoms with Crippen molar-refractivity contribution in [2.75, 3.05) is 7.11 Å². The number of hydrogen-bond acceptors (Lipinski definition) is 2. The van der Waals surface area contributed by atoms with E-state index in [9.17, 15) is 0 Å². The molecule has 3 rings (SSSR count). The molecule has 84 valence electrons.